The van der Waals surface area contributed by atoms with Gasteiger partial charge >= 0.3 is 11.9 Å². The van der Waals surface area contributed by atoms with Gasteiger partial charge in [-0.1, -0.05) is 39.4 Å². The number of aliphatic carboxylic acids is 1. The van der Waals surface area contributed by atoms with Gasteiger partial charge in [0.05, 0.1) is 0 Å². The Morgan fingerprint density at radius 1 is 1.23 bits per heavy atom. The van der Waals surface area contributed by atoms with Crippen LogP contribution < -0.4 is 0 Å². The molecule has 1 heterocycles. The second-order valence-electron chi connectivity index (χ2n) is 8.32. The molecule has 0 radical (unpaired) electrons. The Hall–Kier alpha value is -1.25. The summed E-state index contributed by atoms with van der Waals surface area (Å²) in [6.45, 7) is 11.2. The number of esters is 1. The zero-order valence-corrected chi connectivity index (χ0v) is 17.8. The van der Waals surface area contributed by atoms with Gasteiger partial charge < -0.3 is 14.6 Å². The third-order valence-electron chi connectivity index (χ3n) is 4.36. The predicted octanol–water partition coefficient (Wildman–Crippen LogP) is 2.79. The third kappa shape index (κ3) is 6.48. The van der Waals surface area contributed by atoms with Crippen LogP contribution in [0.1, 0.15) is 52.9 Å². The molecular formula is C18H33NO6Si. The van der Waals surface area contributed by atoms with Crippen molar-refractivity contribution in [3.8, 4) is 0 Å². The Kier molecular flexibility index (Phi) is 7.97. The summed E-state index contributed by atoms with van der Waals surface area (Å²) < 4.78 is 11.4. The van der Waals surface area contributed by atoms with Gasteiger partial charge in [0.25, 0.3) is 0 Å². The van der Waals surface area contributed by atoms with Gasteiger partial charge in [0.15, 0.2) is 0 Å². The monoisotopic (exact) mass is 387 g/mol. The molecule has 1 aliphatic rings. The lowest BCUT2D eigenvalue weighted by Gasteiger charge is -2.41. The number of carbonyl (C=O) groups excluding carboxylic acids is 2. The van der Waals surface area contributed by atoms with E-state index in [0.717, 1.165) is 19.3 Å². The van der Waals surface area contributed by atoms with Crippen molar-refractivity contribution < 1.29 is 29.0 Å². The van der Waals surface area contributed by atoms with E-state index < -0.39 is 43.5 Å². The highest BCUT2D eigenvalue weighted by Crippen LogP contribution is 2.27. The Balaban J connectivity index is 2.88. The molecule has 7 nitrogen and oxygen atoms in total. The molecule has 0 spiro atoms. The summed E-state index contributed by atoms with van der Waals surface area (Å²) in [7, 11) is -2.29. The minimum Gasteiger partial charge on any atom is -0.480 e. The molecule has 0 aromatic rings. The number of carbonyl (C=O) groups is 3. The number of rotatable bonds is 9. The van der Waals surface area contributed by atoms with Crippen LogP contribution in [-0.4, -0.2) is 60.0 Å². The molecule has 1 rings (SSSR count). The van der Waals surface area contributed by atoms with Gasteiger partial charge in [0.2, 0.25) is 11.2 Å². The van der Waals surface area contributed by atoms with Crippen molar-refractivity contribution in [1.82, 2.24) is 4.90 Å². The summed E-state index contributed by atoms with van der Waals surface area (Å²) in [4.78, 5) is 37.7. The Morgan fingerprint density at radius 3 is 2.35 bits per heavy atom. The van der Waals surface area contributed by atoms with Crippen LogP contribution >= 0.6 is 0 Å². The van der Waals surface area contributed by atoms with Crippen LogP contribution in [0, 0.1) is 0 Å². The van der Waals surface area contributed by atoms with Crippen molar-refractivity contribution in [2.45, 2.75) is 90.6 Å². The van der Waals surface area contributed by atoms with Crippen molar-refractivity contribution in [3.63, 3.8) is 0 Å². The van der Waals surface area contributed by atoms with Gasteiger partial charge in [-0.05, 0) is 19.3 Å². The molecule has 8 heteroatoms. The smallest absolute Gasteiger partial charge is 0.371 e. The second-order valence-corrected chi connectivity index (χ2v) is 13.3. The molecule has 1 saturated heterocycles. The summed E-state index contributed by atoms with van der Waals surface area (Å²) in [6, 6.07) is -0.601. The largest absolute Gasteiger partial charge is 0.480 e. The summed E-state index contributed by atoms with van der Waals surface area (Å²) in [5.41, 5.74) is 0. The number of hydrogen-bond acceptors (Lipinski definition) is 6. The lowest BCUT2D eigenvalue weighted by atomic mass is 10.0. The first kappa shape index (κ1) is 22.8. The second kappa shape index (κ2) is 9.10. The third-order valence-corrected chi connectivity index (χ3v) is 5.93. The minimum absolute atomic E-state index is 0.480. The SMILES string of the molecule is CCC[C@H](OC(C)(C)OC(=O)C(=O)[Si](C)(C)C)N1CCCCC1C(=O)O. The van der Waals surface area contributed by atoms with Crippen molar-refractivity contribution >= 4 is 25.4 Å². The van der Waals surface area contributed by atoms with Crippen molar-refractivity contribution in [2.75, 3.05) is 6.54 Å². The topological polar surface area (TPSA) is 93.1 Å². The van der Waals surface area contributed by atoms with E-state index in [1.807, 2.05) is 11.8 Å². The number of likely N-dealkylation sites (tertiary alicyclic amines) is 1. The van der Waals surface area contributed by atoms with Crippen LogP contribution in [0.3, 0.4) is 0 Å². The van der Waals surface area contributed by atoms with Crippen molar-refractivity contribution in [1.29, 1.82) is 0 Å². The van der Waals surface area contributed by atoms with Crippen LogP contribution in [0.5, 0.6) is 0 Å². The summed E-state index contributed by atoms with van der Waals surface area (Å²) in [5.74, 6) is -3.05. The first-order valence-corrected chi connectivity index (χ1v) is 12.8. The van der Waals surface area contributed by atoms with Crippen LogP contribution in [0.2, 0.25) is 19.6 Å². The number of nitrogens with zero attached hydrogens (tertiary/aromatic N) is 1. The summed E-state index contributed by atoms with van der Waals surface area (Å²) >= 11 is 0. The highest BCUT2D eigenvalue weighted by molar-refractivity contribution is 7.11. The Labute approximate surface area is 157 Å². The lowest BCUT2D eigenvalue weighted by Crippen LogP contribution is -2.54. The molecule has 0 bridgehead atoms. The maximum absolute atomic E-state index is 12.2. The molecule has 1 N–H and O–H groups in total. The van der Waals surface area contributed by atoms with Gasteiger partial charge in [-0.3, -0.25) is 14.5 Å². The van der Waals surface area contributed by atoms with E-state index in [9.17, 15) is 19.5 Å². The normalized spacial score (nSPS) is 20.5. The fraction of sp³-hybridized carbons (Fsp3) is 0.833. The highest BCUT2D eigenvalue weighted by Gasteiger charge is 2.40. The van der Waals surface area contributed by atoms with E-state index in [2.05, 4.69) is 0 Å². The lowest BCUT2D eigenvalue weighted by molar-refractivity contribution is -0.261. The molecule has 0 amide bonds. The first-order chi connectivity index (χ1) is 11.9. The molecule has 1 aliphatic heterocycles. The van der Waals surface area contributed by atoms with Crippen molar-refractivity contribution in [3.05, 3.63) is 0 Å². The predicted molar refractivity (Wildman–Crippen MR) is 100 cm³/mol. The molecule has 0 saturated carbocycles. The van der Waals surface area contributed by atoms with E-state index >= 15 is 0 Å². The van der Waals surface area contributed by atoms with Gasteiger partial charge in [-0.25, -0.2) is 4.79 Å². The number of hydrogen-bond donors (Lipinski definition) is 1. The number of carboxylic acids is 1. The standard InChI is InChI=1S/C18H33NO6Si/c1-7-10-14(19-12-9-8-11-13(19)15(20)21)24-18(2,3)25-16(22)17(23)26(4,5)6/h13-14H,7-12H2,1-6H3,(H,20,21)/t13?,14-/m0/s1. The molecule has 26 heavy (non-hydrogen) atoms. The van der Waals surface area contributed by atoms with E-state index in [0.29, 0.717) is 19.4 Å². The first-order valence-electron chi connectivity index (χ1n) is 9.33. The van der Waals surface area contributed by atoms with Crippen molar-refractivity contribution in [2.24, 2.45) is 0 Å². The zero-order valence-electron chi connectivity index (χ0n) is 16.8. The summed E-state index contributed by atoms with van der Waals surface area (Å²) in [6.07, 6.45) is 3.29. The van der Waals surface area contributed by atoms with Gasteiger partial charge in [-0.2, -0.15) is 0 Å². The molecule has 1 fully saturated rings. The fourth-order valence-corrected chi connectivity index (χ4v) is 3.69. The van der Waals surface area contributed by atoms with Crippen LogP contribution in [0.15, 0.2) is 0 Å². The molecule has 0 aliphatic carbocycles. The van der Waals surface area contributed by atoms with Crippen LogP contribution in [0.4, 0.5) is 0 Å². The average molecular weight is 388 g/mol. The number of carboxylic acid groups (broad SMARTS) is 1. The van der Waals surface area contributed by atoms with Gasteiger partial charge in [-0.15, -0.1) is 0 Å². The quantitative estimate of drug-likeness (QED) is 0.281. The Morgan fingerprint density at radius 2 is 1.85 bits per heavy atom. The van der Waals surface area contributed by atoms with Crippen LogP contribution in [0.25, 0.3) is 0 Å². The maximum Gasteiger partial charge on any atom is 0.371 e. The van der Waals surface area contributed by atoms with E-state index in [4.69, 9.17) is 9.47 Å². The maximum atomic E-state index is 12.2. The summed E-state index contributed by atoms with van der Waals surface area (Å²) in [5, 5.41) is 9.03. The Bertz CT molecular complexity index is 528. The van der Waals surface area contributed by atoms with Gasteiger partial charge in [0.1, 0.15) is 20.3 Å². The van der Waals surface area contributed by atoms with Crippen LogP contribution in [-0.2, 0) is 23.9 Å². The van der Waals surface area contributed by atoms with Gasteiger partial charge in [0, 0.05) is 20.4 Å². The average Bonchev–Trinajstić information content (AvgIpc) is 2.52. The highest BCUT2D eigenvalue weighted by atomic mass is 28.3. The molecule has 150 valence electrons. The van der Waals surface area contributed by atoms with E-state index in [-0.39, 0.29) is 0 Å². The fourth-order valence-electron chi connectivity index (χ4n) is 3.03. The van der Waals surface area contributed by atoms with E-state index in [1.54, 1.807) is 33.5 Å². The molecular weight excluding hydrogens is 354 g/mol. The molecule has 0 aromatic carbocycles. The number of piperidine rings is 1. The zero-order chi connectivity index (χ0) is 20.1. The molecule has 2 atom stereocenters. The molecule has 1 unspecified atom stereocenters. The molecule has 0 aromatic heterocycles. The number of ether oxygens (including phenoxy) is 2. The minimum atomic E-state index is -2.29. The van der Waals surface area contributed by atoms with E-state index in [1.165, 1.54) is 0 Å².